The Morgan fingerprint density at radius 1 is 1.05 bits per heavy atom. The Labute approximate surface area is 134 Å². The van der Waals surface area contributed by atoms with Gasteiger partial charge in [-0.05, 0) is 29.8 Å². The second-order valence-corrected chi connectivity index (χ2v) is 5.30. The lowest BCUT2D eigenvalue weighted by atomic mass is 10.0. The van der Waals surface area contributed by atoms with Crippen LogP contribution in [0.1, 0.15) is 0 Å². The monoisotopic (exact) mass is 313 g/mol. The molecule has 0 aliphatic heterocycles. The molecule has 0 spiro atoms. The highest BCUT2D eigenvalue weighted by molar-refractivity contribution is 6.30. The molecule has 22 heavy (non-hydrogen) atoms. The van der Waals surface area contributed by atoms with Crippen LogP contribution in [0.3, 0.4) is 0 Å². The molecule has 2 heterocycles. The Morgan fingerprint density at radius 2 is 1.77 bits per heavy atom. The SMILES string of the molecule is COCCn1ncc(-c2ccncc2)c1-c1ccc(Cl)cc1. The Kier molecular flexibility index (Phi) is 4.51. The van der Waals surface area contributed by atoms with Crippen molar-refractivity contribution in [1.29, 1.82) is 0 Å². The Balaban J connectivity index is 2.11. The quantitative estimate of drug-likeness (QED) is 0.717. The van der Waals surface area contributed by atoms with E-state index in [1.165, 1.54) is 0 Å². The summed E-state index contributed by atoms with van der Waals surface area (Å²) in [5.74, 6) is 0. The lowest BCUT2D eigenvalue weighted by Gasteiger charge is -2.10. The maximum atomic E-state index is 6.00. The second kappa shape index (κ2) is 6.73. The molecule has 3 aromatic rings. The lowest BCUT2D eigenvalue weighted by Crippen LogP contribution is -2.07. The summed E-state index contributed by atoms with van der Waals surface area (Å²) < 4.78 is 7.14. The Morgan fingerprint density at radius 3 is 2.45 bits per heavy atom. The number of pyridine rings is 1. The maximum absolute atomic E-state index is 6.00. The largest absolute Gasteiger partial charge is 0.383 e. The zero-order valence-electron chi connectivity index (χ0n) is 12.2. The Hall–Kier alpha value is -2.17. The first-order chi connectivity index (χ1) is 10.8. The summed E-state index contributed by atoms with van der Waals surface area (Å²) >= 11 is 6.00. The zero-order chi connectivity index (χ0) is 15.4. The zero-order valence-corrected chi connectivity index (χ0v) is 13.0. The van der Waals surface area contributed by atoms with Gasteiger partial charge in [-0.25, -0.2) is 0 Å². The minimum atomic E-state index is 0.609. The fraction of sp³-hybridized carbons (Fsp3) is 0.176. The van der Waals surface area contributed by atoms with Gasteiger partial charge in [0, 0.05) is 35.7 Å². The first-order valence-electron chi connectivity index (χ1n) is 7.00. The van der Waals surface area contributed by atoms with Crippen molar-refractivity contribution in [2.24, 2.45) is 0 Å². The van der Waals surface area contributed by atoms with Crippen molar-refractivity contribution in [3.05, 3.63) is 60.0 Å². The topological polar surface area (TPSA) is 39.9 Å². The Bertz CT molecular complexity index is 738. The second-order valence-electron chi connectivity index (χ2n) is 4.87. The third-order valence-corrected chi connectivity index (χ3v) is 3.71. The number of ether oxygens (including phenoxy) is 1. The van der Waals surface area contributed by atoms with E-state index in [1.807, 2.05) is 47.3 Å². The molecule has 2 aromatic heterocycles. The van der Waals surface area contributed by atoms with Crippen LogP contribution in [0.15, 0.2) is 55.0 Å². The van der Waals surface area contributed by atoms with Crippen LogP contribution in [0.2, 0.25) is 5.02 Å². The van der Waals surface area contributed by atoms with Gasteiger partial charge in [-0.1, -0.05) is 23.7 Å². The number of methoxy groups -OCH3 is 1. The van der Waals surface area contributed by atoms with E-state index in [4.69, 9.17) is 16.3 Å². The van der Waals surface area contributed by atoms with Crippen LogP contribution in [0.5, 0.6) is 0 Å². The van der Waals surface area contributed by atoms with E-state index in [0.29, 0.717) is 13.2 Å². The van der Waals surface area contributed by atoms with Gasteiger partial charge < -0.3 is 4.74 Å². The summed E-state index contributed by atoms with van der Waals surface area (Å²) in [6, 6.07) is 11.8. The molecule has 0 aliphatic rings. The van der Waals surface area contributed by atoms with Gasteiger partial charge in [0.15, 0.2) is 0 Å². The van der Waals surface area contributed by atoms with Gasteiger partial charge in [-0.15, -0.1) is 0 Å². The summed E-state index contributed by atoms with van der Waals surface area (Å²) in [7, 11) is 1.69. The van der Waals surface area contributed by atoms with Gasteiger partial charge in [0.2, 0.25) is 0 Å². The molecule has 0 amide bonds. The number of benzene rings is 1. The summed E-state index contributed by atoms with van der Waals surface area (Å²) in [5, 5.41) is 5.23. The van der Waals surface area contributed by atoms with Crippen molar-refractivity contribution >= 4 is 11.6 Å². The van der Waals surface area contributed by atoms with Crippen molar-refractivity contribution in [1.82, 2.24) is 14.8 Å². The molecule has 0 bridgehead atoms. The lowest BCUT2D eigenvalue weighted by molar-refractivity contribution is 0.184. The van der Waals surface area contributed by atoms with Crippen LogP contribution < -0.4 is 0 Å². The number of nitrogens with zero attached hydrogens (tertiary/aromatic N) is 3. The maximum Gasteiger partial charge on any atom is 0.0761 e. The molecular formula is C17H16ClN3O. The van der Waals surface area contributed by atoms with E-state index in [9.17, 15) is 0 Å². The molecule has 0 unspecified atom stereocenters. The van der Waals surface area contributed by atoms with E-state index < -0.39 is 0 Å². The van der Waals surface area contributed by atoms with Crippen molar-refractivity contribution in [2.45, 2.75) is 6.54 Å². The number of halogens is 1. The molecule has 0 saturated heterocycles. The van der Waals surface area contributed by atoms with Crippen molar-refractivity contribution in [2.75, 3.05) is 13.7 Å². The van der Waals surface area contributed by atoms with Crippen LogP contribution in [0.4, 0.5) is 0 Å². The third-order valence-electron chi connectivity index (χ3n) is 3.46. The van der Waals surface area contributed by atoms with Gasteiger partial charge in [-0.2, -0.15) is 5.10 Å². The third kappa shape index (κ3) is 3.03. The first-order valence-corrected chi connectivity index (χ1v) is 7.38. The molecule has 3 rings (SSSR count). The van der Waals surface area contributed by atoms with Gasteiger partial charge in [-0.3, -0.25) is 9.67 Å². The minimum Gasteiger partial charge on any atom is -0.383 e. The first kappa shape index (κ1) is 14.8. The molecule has 0 atom stereocenters. The van der Waals surface area contributed by atoms with Crippen LogP contribution in [-0.2, 0) is 11.3 Å². The molecule has 4 nitrogen and oxygen atoms in total. The summed E-state index contributed by atoms with van der Waals surface area (Å²) in [6.45, 7) is 1.30. The fourth-order valence-electron chi connectivity index (χ4n) is 2.39. The smallest absolute Gasteiger partial charge is 0.0761 e. The highest BCUT2D eigenvalue weighted by Crippen LogP contribution is 2.32. The van der Waals surface area contributed by atoms with Crippen molar-refractivity contribution in [3.63, 3.8) is 0 Å². The molecule has 0 N–H and O–H groups in total. The van der Waals surface area contributed by atoms with Gasteiger partial charge in [0.25, 0.3) is 0 Å². The number of aromatic nitrogens is 3. The van der Waals surface area contributed by atoms with E-state index in [-0.39, 0.29) is 0 Å². The van der Waals surface area contributed by atoms with Gasteiger partial charge >= 0.3 is 0 Å². The van der Waals surface area contributed by atoms with Crippen LogP contribution in [0.25, 0.3) is 22.4 Å². The summed E-state index contributed by atoms with van der Waals surface area (Å²) in [5.41, 5.74) is 4.29. The molecule has 0 radical (unpaired) electrons. The highest BCUT2D eigenvalue weighted by atomic mass is 35.5. The number of hydrogen-bond donors (Lipinski definition) is 0. The predicted molar refractivity (Wildman–Crippen MR) is 87.8 cm³/mol. The highest BCUT2D eigenvalue weighted by Gasteiger charge is 2.14. The molecule has 0 fully saturated rings. The minimum absolute atomic E-state index is 0.609. The molecule has 112 valence electrons. The summed E-state index contributed by atoms with van der Waals surface area (Å²) in [6.07, 6.45) is 5.45. The number of hydrogen-bond acceptors (Lipinski definition) is 3. The van der Waals surface area contributed by atoms with E-state index in [2.05, 4.69) is 10.1 Å². The molecule has 0 aliphatic carbocycles. The molecule has 1 aromatic carbocycles. The predicted octanol–water partition coefficient (Wildman–Crippen LogP) is 3.91. The average molecular weight is 314 g/mol. The molecule has 5 heteroatoms. The van der Waals surface area contributed by atoms with Crippen LogP contribution in [-0.4, -0.2) is 28.5 Å². The fourth-order valence-corrected chi connectivity index (χ4v) is 2.51. The van der Waals surface area contributed by atoms with Crippen LogP contribution in [0, 0.1) is 0 Å². The van der Waals surface area contributed by atoms with Crippen molar-refractivity contribution in [3.8, 4) is 22.4 Å². The van der Waals surface area contributed by atoms with E-state index in [0.717, 1.165) is 27.4 Å². The standard InChI is InChI=1S/C17H16ClN3O/c1-22-11-10-21-17(14-2-4-15(18)5-3-14)16(12-20-21)13-6-8-19-9-7-13/h2-9,12H,10-11H2,1H3. The van der Waals surface area contributed by atoms with Crippen molar-refractivity contribution < 1.29 is 4.74 Å². The van der Waals surface area contributed by atoms with Gasteiger partial charge in [0.1, 0.15) is 0 Å². The van der Waals surface area contributed by atoms with Gasteiger partial charge in [0.05, 0.1) is 25.0 Å². The van der Waals surface area contributed by atoms with Crippen LogP contribution >= 0.6 is 11.6 Å². The molecular weight excluding hydrogens is 298 g/mol. The van der Waals surface area contributed by atoms with E-state index >= 15 is 0 Å². The normalized spacial score (nSPS) is 10.8. The van der Waals surface area contributed by atoms with E-state index in [1.54, 1.807) is 19.5 Å². The number of rotatable bonds is 5. The average Bonchev–Trinajstić information content (AvgIpc) is 2.98. The molecule has 0 saturated carbocycles. The summed E-state index contributed by atoms with van der Waals surface area (Å²) in [4.78, 5) is 4.08.